The highest BCUT2D eigenvalue weighted by Gasteiger charge is 2.24. The lowest BCUT2D eigenvalue weighted by molar-refractivity contribution is -0.138. The Morgan fingerprint density at radius 1 is 1.16 bits per heavy atom. The third-order valence-corrected chi connectivity index (χ3v) is 2.74. The zero-order chi connectivity index (χ0) is 14.5. The lowest BCUT2D eigenvalue weighted by atomic mass is 9.95. The maximum absolute atomic E-state index is 11.9. The van der Waals surface area contributed by atoms with Crippen LogP contribution in [0.1, 0.15) is 20.8 Å². The normalized spacial score (nSPS) is 11.0. The average Bonchev–Trinajstić information content (AvgIpc) is 2.37. The van der Waals surface area contributed by atoms with Gasteiger partial charge in [0.1, 0.15) is 18.1 Å². The smallest absolute Gasteiger partial charge is 0.227 e. The van der Waals surface area contributed by atoms with E-state index >= 15 is 0 Å². The van der Waals surface area contributed by atoms with Crippen molar-refractivity contribution in [3.05, 3.63) is 24.3 Å². The fourth-order valence-corrected chi connectivity index (χ4v) is 1.65. The van der Waals surface area contributed by atoms with Crippen molar-refractivity contribution in [2.24, 2.45) is 5.41 Å². The van der Waals surface area contributed by atoms with E-state index in [-0.39, 0.29) is 11.3 Å². The van der Waals surface area contributed by atoms with Crippen LogP contribution in [0.25, 0.3) is 0 Å². The molecule has 1 amide bonds. The van der Waals surface area contributed by atoms with E-state index in [1.54, 1.807) is 19.1 Å². The number of ether oxygens (including phenoxy) is 2. The Kier molecular flexibility index (Phi) is 5.21. The minimum atomic E-state index is -0.352. The van der Waals surface area contributed by atoms with Crippen molar-refractivity contribution >= 4 is 5.91 Å². The Bertz CT molecular complexity index is 406. The Balaban J connectivity index is 2.39. The van der Waals surface area contributed by atoms with Crippen molar-refractivity contribution in [2.75, 3.05) is 27.3 Å². The molecule has 0 N–H and O–H groups in total. The average molecular weight is 265 g/mol. The standard InChI is InChI=1S/C15H23NO3/c1-15(2,3)14(17)16(4)10-11-19-13-8-6-12(18-5)7-9-13/h6-9H,10-11H2,1-5H3. The van der Waals surface area contributed by atoms with Crippen molar-refractivity contribution in [2.45, 2.75) is 20.8 Å². The number of carbonyl (C=O) groups excluding carboxylic acids is 1. The summed E-state index contributed by atoms with van der Waals surface area (Å²) in [6, 6.07) is 7.40. The third kappa shape index (κ3) is 4.81. The van der Waals surface area contributed by atoms with E-state index in [9.17, 15) is 4.79 Å². The predicted octanol–water partition coefficient (Wildman–Crippen LogP) is 2.58. The van der Waals surface area contributed by atoms with Crippen LogP contribution in [0.4, 0.5) is 0 Å². The molecule has 1 aromatic carbocycles. The molecule has 0 atom stereocenters. The van der Waals surface area contributed by atoms with E-state index in [1.807, 2.05) is 45.0 Å². The van der Waals surface area contributed by atoms with Gasteiger partial charge in [-0.1, -0.05) is 20.8 Å². The molecule has 1 aromatic rings. The van der Waals surface area contributed by atoms with Gasteiger partial charge in [-0.25, -0.2) is 0 Å². The van der Waals surface area contributed by atoms with Crippen molar-refractivity contribution in [1.29, 1.82) is 0 Å². The number of amides is 1. The van der Waals surface area contributed by atoms with Gasteiger partial charge < -0.3 is 14.4 Å². The summed E-state index contributed by atoms with van der Waals surface area (Å²) < 4.78 is 10.7. The minimum absolute atomic E-state index is 0.117. The Labute approximate surface area is 115 Å². The summed E-state index contributed by atoms with van der Waals surface area (Å²) >= 11 is 0. The molecule has 0 aromatic heterocycles. The van der Waals surface area contributed by atoms with Crippen LogP contribution in [0.3, 0.4) is 0 Å². The van der Waals surface area contributed by atoms with Crippen LogP contribution in [0.2, 0.25) is 0 Å². The van der Waals surface area contributed by atoms with Crippen LogP contribution < -0.4 is 9.47 Å². The summed E-state index contributed by atoms with van der Waals surface area (Å²) in [7, 11) is 3.42. The molecule has 0 bridgehead atoms. The minimum Gasteiger partial charge on any atom is -0.497 e. The van der Waals surface area contributed by atoms with E-state index in [0.29, 0.717) is 13.2 Å². The number of benzene rings is 1. The quantitative estimate of drug-likeness (QED) is 0.821. The first-order chi connectivity index (χ1) is 8.84. The first-order valence-corrected chi connectivity index (χ1v) is 6.37. The van der Waals surface area contributed by atoms with Gasteiger partial charge in [-0.15, -0.1) is 0 Å². The monoisotopic (exact) mass is 265 g/mol. The van der Waals surface area contributed by atoms with Gasteiger partial charge in [0.25, 0.3) is 0 Å². The lowest BCUT2D eigenvalue weighted by Crippen LogP contribution is -2.38. The maximum Gasteiger partial charge on any atom is 0.227 e. The summed E-state index contributed by atoms with van der Waals surface area (Å²) in [6.07, 6.45) is 0. The zero-order valence-electron chi connectivity index (χ0n) is 12.4. The van der Waals surface area contributed by atoms with Gasteiger partial charge in [-0.2, -0.15) is 0 Å². The molecule has 0 fully saturated rings. The van der Waals surface area contributed by atoms with Crippen molar-refractivity contribution in [1.82, 2.24) is 4.90 Å². The molecule has 0 saturated carbocycles. The zero-order valence-corrected chi connectivity index (χ0v) is 12.4. The molecule has 19 heavy (non-hydrogen) atoms. The molecule has 0 saturated heterocycles. The van der Waals surface area contributed by atoms with Gasteiger partial charge in [-0.3, -0.25) is 4.79 Å². The number of nitrogens with zero attached hydrogens (tertiary/aromatic N) is 1. The van der Waals surface area contributed by atoms with Crippen LogP contribution in [0.5, 0.6) is 11.5 Å². The van der Waals surface area contributed by atoms with E-state index in [2.05, 4.69) is 0 Å². The SMILES string of the molecule is COc1ccc(OCCN(C)C(=O)C(C)(C)C)cc1. The van der Waals surface area contributed by atoms with Gasteiger partial charge in [0.05, 0.1) is 13.7 Å². The number of carbonyl (C=O) groups is 1. The first-order valence-electron chi connectivity index (χ1n) is 6.37. The summed E-state index contributed by atoms with van der Waals surface area (Å²) in [5.74, 6) is 1.69. The van der Waals surface area contributed by atoms with Crippen LogP contribution in [-0.2, 0) is 4.79 Å². The molecule has 1 rings (SSSR count). The van der Waals surface area contributed by atoms with Crippen LogP contribution in [-0.4, -0.2) is 38.1 Å². The van der Waals surface area contributed by atoms with Gasteiger partial charge in [-0.05, 0) is 24.3 Å². The summed E-state index contributed by atoms with van der Waals surface area (Å²) in [5, 5.41) is 0. The van der Waals surface area contributed by atoms with Crippen LogP contribution in [0, 0.1) is 5.41 Å². The summed E-state index contributed by atoms with van der Waals surface area (Å²) in [6.45, 7) is 6.79. The largest absolute Gasteiger partial charge is 0.497 e. The van der Waals surface area contributed by atoms with Gasteiger partial charge in [0, 0.05) is 12.5 Å². The number of likely N-dealkylation sites (N-methyl/N-ethyl adjacent to an activating group) is 1. The molecule has 4 nitrogen and oxygen atoms in total. The third-order valence-electron chi connectivity index (χ3n) is 2.74. The topological polar surface area (TPSA) is 38.8 Å². The molecule has 0 heterocycles. The van der Waals surface area contributed by atoms with Crippen molar-refractivity contribution in [3.63, 3.8) is 0 Å². The fraction of sp³-hybridized carbons (Fsp3) is 0.533. The summed E-state index contributed by atoms with van der Waals surface area (Å²) in [4.78, 5) is 13.6. The highest BCUT2D eigenvalue weighted by atomic mass is 16.5. The molecule has 0 aliphatic rings. The molecule has 0 unspecified atom stereocenters. The highest BCUT2D eigenvalue weighted by molar-refractivity contribution is 5.81. The molecule has 4 heteroatoms. The number of rotatable bonds is 5. The van der Waals surface area contributed by atoms with Crippen molar-refractivity contribution in [3.8, 4) is 11.5 Å². The number of hydrogen-bond acceptors (Lipinski definition) is 3. The summed E-state index contributed by atoms with van der Waals surface area (Å²) in [5.41, 5.74) is -0.352. The molecule has 0 aliphatic heterocycles. The molecule has 0 spiro atoms. The molecular weight excluding hydrogens is 242 g/mol. The highest BCUT2D eigenvalue weighted by Crippen LogP contribution is 2.18. The molecular formula is C15H23NO3. The second kappa shape index (κ2) is 6.45. The molecule has 106 valence electrons. The fourth-order valence-electron chi connectivity index (χ4n) is 1.65. The van der Waals surface area contributed by atoms with E-state index in [4.69, 9.17) is 9.47 Å². The van der Waals surface area contributed by atoms with Crippen LogP contribution in [0.15, 0.2) is 24.3 Å². The van der Waals surface area contributed by atoms with E-state index in [0.717, 1.165) is 11.5 Å². The second-order valence-corrected chi connectivity index (χ2v) is 5.50. The Morgan fingerprint density at radius 3 is 2.16 bits per heavy atom. The Morgan fingerprint density at radius 2 is 1.68 bits per heavy atom. The predicted molar refractivity (Wildman–Crippen MR) is 75.6 cm³/mol. The molecule has 0 aliphatic carbocycles. The second-order valence-electron chi connectivity index (χ2n) is 5.50. The first kappa shape index (κ1) is 15.3. The number of hydrogen-bond donors (Lipinski definition) is 0. The van der Waals surface area contributed by atoms with Gasteiger partial charge >= 0.3 is 0 Å². The Hall–Kier alpha value is -1.71. The van der Waals surface area contributed by atoms with E-state index in [1.165, 1.54) is 0 Å². The maximum atomic E-state index is 11.9. The number of methoxy groups -OCH3 is 1. The van der Waals surface area contributed by atoms with Crippen LogP contribution >= 0.6 is 0 Å². The van der Waals surface area contributed by atoms with Gasteiger partial charge in [0.15, 0.2) is 0 Å². The van der Waals surface area contributed by atoms with E-state index < -0.39 is 0 Å². The lowest BCUT2D eigenvalue weighted by Gasteiger charge is -2.25. The molecule has 0 radical (unpaired) electrons. The van der Waals surface area contributed by atoms with Crippen molar-refractivity contribution < 1.29 is 14.3 Å². The van der Waals surface area contributed by atoms with Gasteiger partial charge in [0.2, 0.25) is 5.91 Å².